The number of nitrogens with zero attached hydrogens (tertiary/aromatic N) is 5. The van der Waals surface area contributed by atoms with E-state index in [2.05, 4.69) is 25.8 Å². The molecule has 0 bridgehead atoms. The molecule has 0 unspecified atom stereocenters. The van der Waals surface area contributed by atoms with E-state index in [0.29, 0.717) is 25.4 Å². The van der Waals surface area contributed by atoms with E-state index < -0.39 is 0 Å². The van der Waals surface area contributed by atoms with E-state index in [0.717, 1.165) is 5.69 Å². The van der Waals surface area contributed by atoms with Crippen LogP contribution in [-0.4, -0.2) is 56.5 Å². The Labute approximate surface area is 138 Å². The topological polar surface area (TPSA) is 130 Å². The highest BCUT2D eigenvalue weighted by Gasteiger charge is 2.29. The largest absolute Gasteiger partial charge is 0.484 e. The van der Waals surface area contributed by atoms with Crippen molar-refractivity contribution in [3.05, 3.63) is 24.0 Å². The Morgan fingerprint density at radius 1 is 1.54 bits per heavy atom. The smallest absolute Gasteiger partial charge is 0.242 e. The Hall–Kier alpha value is -2.75. The van der Waals surface area contributed by atoms with Crippen molar-refractivity contribution in [2.24, 2.45) is 0 Å². The van der Waals surface area contributed by atoms with Gasteiger partial charge < -0.3 is 20.5 Å². The zero-order chi connectivity index (χ0) is 16.9. The number of carbonyl (C=O) groups excluding carboxylic acids is 1. The second kappa shape index (κ2) is 7.21. The van der Waals surface area contributed by atoms with E-state index >= 15 is 0 Å². The first-order valence-electron chi connectivity index (χ1n) is 7.60. The molecule has 2 aromatic rings. The molecule has 0 aromatic carbocycles. The first-order valence-corrected chi connectivity index (χ1v) is 7.60. The molecular formula is C14H19N7O3. The van der Waals surface area contributed by atoms with Crippen molar-refractivity contribution in [1.82, 2.24) is 30.5 Å². The van der Waals surface area contributed by atoms with Crippen LogP contribution >= 0.6 is 0 Å². The Bertz CT molecular complexity index is 688. The Kier molecular flexibility index (Phi) is 4.85. The summed E-state index contributed by atoms with van der Waals surface area (Å²) < 4.78 is 12.6. The number of anilines is 1. The molecule has 0 saturated carbocycles. The van der Waals surface area contributed by atoms with Crippen LogP contribution in [-0.2, 0) is 16.1 Å². The summed E-state index contributed by atoms with van der Waals surface area (Å²) in [4.78, 5) is 16.4. The highest BCUT2D eigenvalue weighted by atomic mass is 16.5. The van der Waals surface area contributed by atoms with Gasteiger partial charge in [0, 0.05) is 12.3 Å². The lowest BCUT2D eigenvalue weighted by Gasteiger charge is -2.32. The molecule has 3 heterocycles. The summed E-state index contributed by atoms with van der Waals surface area (Å²) in [7, 11) is 0. The van der Waals surface area contributed by atoms with Gasteiger partial charge in [0.2, 0.25) is 11.9 Å². The van der Waals surface area contributed by atoms with Crippen molar-refractivity contribution in [1.29, 1.82) is 0 Å². The number of pyridine rings is 1. The van der Waals surface area contributed by atoms with Gasteiger partial charge in [-0.3, -0.25) is 9.78 Å². The van der Waals surface area contributed by atoms with Crippen molar-refractivity contribution < 1.29 is 14.3 Å². The van der Waals surface area contributed by atoms with Crippen molar-refractivity contribution >= 4 is 11.9 Å². The normalized spacial score (nSPS) is 20.5. The summed E-state index contributed by atoms with van der Waals surface area (Å²) in [6, 6.07) is 3.54. The SMILES string of the molecule is Cc1ccc(O[C@H]2COCC[C@H]2NC(=O)Cn2nnnc2N)cn1. The number of tetrazole rings is 1. The van der Waals surface area contributed by atoms with E-state index in [4.69, 9.17) is 15.2 Å². The van der Waals surface area contributed by atoms with Crippen molar-refractivity contribution in [2.75, 3.05) is 18.9 Å². The molecule has 2 aromatic heterocycles. The molecular weight excluding hydrogens is 314 g/mol. The van der Waals surface area contributed by atoms with Crippen LogP contribution in [0.5, 0.6) is 5.75 Å². The van der Waals surface area contributed by atoms with Gasteiger partial charge >= 0.3 is 0 Å². The lowest BCUT2D eigenvalue weighted by atomic mass is 10.1. The van der Waals surface area contributed by atoms with Crippen LogP contribution in [0.15, 0.2) is 18.3 Å². The summed E-state index contributed by atoms with van der Waals surface area (Å²) in [5.41, 5.74) is 6.47. The molecule has 24 heavy (non-hydrogen) atoms. The molecule has 2 atom stereocenters. The fourth-order valence-corrected chi connectivity index (χ4v) is 2.40. The molecule has 128 valence electrons. The number of amides is 1. The Balaban J connectivity index is 1.60. The highest BCUT2D eigenvalue weighted by Crippen LogP contribution is 2.17. The van der Waals surface area contributed by atoms with Gasteiger partial charge in [-0.1, -0.05) is 5.10 Å². The van der Waals surface area contributed by atoms with Crippen molar-refractivity contribution in [3.8, 4) is 5.75 Å². The molecule has 3 N–H and O–H groups in total. The minimum Gasteiger partial charge on any atom is -0.484 e. The minimum atomic E-state index is -0.293. The highest BCUT2D eigenvalue weighted by molar-refractivity contribution is 5.76. The molecule has 3 rings (SSSR count). The first kappa shape index (κ1) is 16.1. The van der Waals surface area contributed by atoms with Gasteiger partial charge in [-0.05, 0) is 35.9 Å². The van der Waals surface area contributed by atoms with Gasteiger partial charge in [0.05, 0.1) is 18.8 Å². The molecule has 0 spiro atoms. The molecule has 0 aliphatic carbocycles. The summed E-state index contributed by atoms with van der Waals surface area (Å²) in [6.07, 6.45) is 2.02. The zero-order valence-electron chi connectivity index (χ0n) is 13.3. The van der Waals surface area contributed by atoms with Crippen LogP contribution in [0.3, 0.4) is 0 Å². The van der Waals surface area contributed by atoms with E-state index in [9.17, 15) is 4.79 Å². The van der Waals surface area contributed by atoms with Gasteiger partial charge in [0.25, 0.3) is 0 Å². The molecule has 1 saturated heterocycles. The third-order valence-corrected chi connectivity index (χ3v) is 3.68. The van der Waals surface area contributed by atoms with Crippen LogP contribution < -0.4 is 15.8 Å². The van der Waals surface area contributed by atoms with Gasteiger partial charge in [-0.2, -0.15) is 0 Å². The number of nitrogens with two attached hydrogens (primary N) is 1. The van der Waals surface area contributed by atoms with Gasteiger partial charge in [0.15, 0.2) is 0 Å². The van der Waals surface area contributed by atoms with Crippen molar-refractivity contribution in [2.45, 2.75) is 32.0 Å². The van der Waals surface area contributed by atoms with Crippen molar-refractivity contribution in [3.63, 3.8) is 0 Å². The van der Waals surface area contributed by atoms with E-state index in [-0.39, 0.29) is 30.5 Å². The fourth-order valence-electron chi connectivity index (χ4n) is 2.40. The average Bonchev–Trinajstić information content (AvgIpc) is 2.96. The average molecular weight is 333 g/mol. The molecule has 0 radical (unpaired) electrons. The molecule has 1 aliphatic heterocycles. The second-order valence-electron chi connectivity index (χ2n) is 5.52. The third-order valence-electron chi connectivity index (χ3n) is 3.68. The Morgan fingerprint density at radius 3 is 3.12 bits per heavy atom. The van der Waals surface area contributed by atoms with Crippen LogP contribution in [0.25, 0.3) is 0 Å². The number of hydrogen-bond donors (Lipinski definition) is 2. The predicted octanol–water partition coefficient (Wildman–Crippen LogP) is -0.689. The van der Waals surface area contributed by atoms with Gasteiger partial charge in [-0.15, -0.1) is 0 Å². The maximum absolute atomic E-state index is 12.2. The number of nitrogens with one attached hydrogen (secondary N) is 1. The fraction of sp³-hybridized carbons (Fsp3) is 0.500. The molecule has 1 amide bonds. The maximum atomic E-state index is 12.2. The first-order chi connectivity index (χ1) is 11.6. The van der Waals surface area contributed by atoms with Crippen LogP contribution in [0.1, 0.15) is 12.1 Å². The van der Waals surface area contributed by atoms with E-state index in [1.807, 2.05) is 19.1 Å². The number of nitrogen functional groups attached to an aromatic ring is 1. The van der Waals surface area contributed by atoms with Crippen LogP contribution in [0, 0.1) is 6.92 Å². The molecule has 1 aliphatic rings. The minimum absolute atomic E-state index is 0.0466. The summed E-state index contributed by atoms with van der Waals surface area (Å²) in [5, 5.41) is 13.5. The number of aryl methyl sites for hydroxylation is 1. The molecule has 10 nitrogen and oxygen atoms in total. The maximum Gasteiger partial charge on any atom is 0.242 e. The standard InChI is InChI=1S/C14H19N7O3/c1-9-2-3-10(6-16-9)24-12-8-23-5-4-11(12)17-13(22)7-21-14(15)18-19-20-21/h2-3,6,11-12H,4-5,7-8H2,1H3,(H,17,22)(H2,15,18,20)/t11-,12+/m1/s1. The van der Waals surface area contributed by atoms with E-state index in [1.54, 1.807) is 6.20 Å². The van der Waals surface area contributed by atoms with Gasteiger partial charge in [-0.25, -0.2) is 4.68 Å². The second-order valence-corrected chi connectivity index (χ2v) is 5.52. The van der Waals surface area contributed by atoms with E-state index in [1.165, 1.54) is 4.68 Å². The number of hydrogen-bond acceptors (Lipinski definition) is 8. The Morgan fingerprint density at radius 2 is 2.42 bits per heavy atom. The number of ether oxygens (including phenoxy) is 2. The summed E-state index contributed by atoms with van der Waals surface area (Å²) in [5.74, 6) is 0.493. The third kappa shape index (κ3) is 3.96. The number of carbonyl (C=O) groups is 1. The summed E-state index contributed by atoms with van der Waals surface area (Å²) in [6.45, 7) is 2.81. The quantitative estimate of drug-likeness (QED) is 0.735. The molecule has 10 heteroatoms. The van der Waals surface area contributed by atoms with Crippen LogP contribution in [0.4, 0.5) is 5.95 Å². The lowest BCUT2D eigenvalue weighted by Crippen LogP contribution is -2.52. The summed E-state index contributed by atoms with van der Waals surface area (Å²) >= 11 is 0. The van der Waals surface area contributed by atoms with Gasteiger partial charge in [0.1, 0.15) is 18.4 Å². The predicted molar refractivity (Wildman–Crippen MR) is 83.0 cm³/mol. The monoisotopic (exact) mass is 333 g/mol. The molecule has 1 fully saturated rings. The zero-order valence-corrected chi connectivity index (χ0v) is 13.3. The van der Waals surface area contributed by atoms with Crippen LogP contribution in [0.2, 0.25) is 0 Å². The lowest BCUT2D eigenvalue weighted by molar-refractivity contribution is -0.124. The number of rotatable bonds is 5. The number of aromatic nitrogens is 5.